The highest BCUT2D eigenvalue weighted by atomic mass is 32.2. The molecule has 1 amide bonds. The lowest BCUT2D eigenvalue weighted by Gasteiger charge is -2.24. The molecule has 0 spiro atoms. The van der Waals surface area contributed by atoms with Crippen molar-refractivity contribution in [2.45, 2.75) is 24.5 Å². The zero-order valence-corrected chi connectivity index (χ0v) is 23.2. The van der Waals surface area contributed by atoms with Crippen LogP contribution in [0.25, 0.3) is 11.1 Å². The predicted octanol–water partition coefficient (Wildman–Crippen LogP) is 5.25. The maximum absolute atomic E-state index is 14.1. The summed E-state index contributed by atoms with van der Waals surface area (Å²) in [6.45, 7) is 0.797. The van der Waals surface area contributed by atoms with E-state index in [1.54, 1.807) is 49.8 Å². The van der Waals surface area contributed by atoms with Crippen LogP contribution in [0.3, 0.4) is 0 Å². The van der Waals surface area contributed by atoms with Crippen molar-refractivity contribution in [2.24, 2.45) is 0 Å². The number of pyridine rings is 1. The normalized spacial score (nSPS) is 12.7. The van der Waals surface area contributed by atoms with Crippen molar-refractivity contribution < 1.29 is 17.9 Å². The third-order valence-corrected chi connectivity index (χ3v) is 9.01. The van der Waals surface area contributed by atoms with E-state index in [0.717, 1.165) is 27.9 Å². The summed E-state index contributed by atoms with van der Waals surface area (Å²) in [5, 5.41) is 2.95. The van der Waals surface area contributed by atoms with Gasteiger partial charge in [0.1, 0.15) is 11.4 Å². The molecule has 41 heavy (non-hydrogen) atoms. The number of ether oxygens (including phenoxy) is 1. The summed E-state index contributed by atoms with van der Waals surface area (Å²) in [7, 11) is -2.32. The molecule has 0 saturated heterocycles. The number of carbonyl (C=O) groups is 1. The summed E-state index contributed by atoms with van der Waals surface area (Å²) in [6.07, 6.45) is 3.39. The van der Waals surface area contributed by atoms with Gasteiger partial charge in [-0.3, -0.25) is 14.1 Å². The summed E-state index contributed by atoms with van der Waals surface area (Å²) < 4.78 is 37.0. The van der Waals surface area contributed by atoms with E-state index in [0.29, 0.717) is 30.2 Å². The van der Waals surface area contributed by atoms with Gasteiger partial charge in [0, 0.05) is 30.2 Å². The average molecular weight is 565 g/mol. The molecule has 3 heterocycles. The molecule has 9 heteroatoms. The highest BCUT2D eigenvalue weighted by molar-refractivity contribution is 7.92. The first-order valence-electron chi connectivity index (χ1n) is 13.2. The number of nitrogens with one attached hydrogen (secondary N) is 1. The van der Waals surface area contributed by atoms with E-state index in [1.807, 2.05) is 71.3 Å². The Morgan fingerprint density at radius 2 is 1.68 bits per heavy atom. The molecule has 2 aromatic heterocycles. The molecule has 0 atom stereocenters. The van der Waals surface area contributed by atoms with Crippen molar-refractivity contribution in [3.05, 3.63) is 132 Å². The Morgan fingerprint density at radius 3 is 2.46 bits per heavy atom. The summed E-state index contributed by atoms with van der Waals surface area (Å²) in [6, 6.07) is 29.1. The second kappa shape index (κ2) is 10.9. The molecule has 6 rings (SSSR count). The van der Waals surface area contributed by atoms with Crippen LogP contribution < -0.4 is 14.4 Å². The maximum Gasteiger partial charge on any atom is 0.268 e. The van der Waals surface area contributed by atoms with Gasteiger partial charge in [0.15, 0.2) is 0 Å². The first-order chi connectivity index (χ1) is 20.0. The van der Waals surface area contributed by atoms with E-state index in [2.05, 4.69) is 10.3 Å². The topological polar surface area (TPSA) is 93.5 Å². The van der Waals surface area contributed by atoms with Crippen molar-refractivity contribution in [1.29, 1.82) is 0 Å². The molecule has 1 N–H and O–H groups in total. The minimum atomic E-state index is -3.93. The van der Waals surface area contributed by atoms with E-state index < -0.39 is 10.0 Å². The van der Waals surface area contributed by atoms with Crippen LogP contribution in [-0.4, -0.2) is 31.0 Å². The molecule has 0 fully saturated rings. The van der Waals surface area contributed by atoms with Crippen LogP contribution in [-0.2, 0) is 29.7 Å². The van der Waals surface area contributed by atoms with Crippen molar-refractivity contribution >= 4 is 21.6 Å². The van der Waals surface area contributed by atoms with E-state index in [9.17, 15) is 13.2 Å². The van der Waals surface area contributed by atoms with Gasteiger partial charge in [0.25, 0.3) is 15.9 Å². The minimum Gasteiger partial charge on any atom is -0.496 e. The van der Waals surface area contributed by atoms with Crippen LogP contribution in [0.2, 0.25) is 0 Å². The third-order valence-electron chi connectivity index (χ3n) is 7.23. The number of carbonyl (C=O) groups excluding carboxylic acids is 1. The van der Waals surface area contributed by atoms with Crippen molar-refractivity contribution in [3.8, 4) is 16.9 Å². The smallest absolute Gasteiger partial charge is 0.268 e. The number of fused-ring (bicyclic) bond motifs is 2. The summed E-state index contributed by atoms with van der Waals surface area (Å²) in [4.78, 5) is 17.5. The fourth-order valence-corrected chi connectivity index (χ4v) is 6.60. The number of hydrogen-bond donors (Lipinski definition) is 1. The molecule has 8 nitrogen and oxygen atoms in total. The second-order valence-electron chi connectivity index (χ2n) is 9.71. The van der Waals surface area contributed by atoms with Gasteiger partial charge in [-0.25, -0.2) is 8.42 Å². The first-order valence-corrected chi connectivity index (χ1v) is 14.6. The number of hydrogen-bond acceptors (Lipinski definition) is 5. The van der Waals surface area contributed by atoms with Gasteiger partial charge in [0.05, 0.1) is 30.8 Å². The number of anilines is 1. The Balaban J connectivity index is 1.32. The Kier molecular flexibility index (Phi) is 7.03. The molecular formula is C32H28N4O4S. The number of sulfonamides is 1. The molecule has 1 aliphatic heterocycles. The van der Waals surface area contributed by atoms with Gasteiger partial charge in [-0.1, -0.05) is 54.6 Å². The zero-order chi connectivity index (χ0) is 28.4. The lowest BCUT2D eigenvalue weighted by atomic mass is 10.1. The Labute approximate surface area is 238 Å². The van der Waals surface area contributed by atoms with Crippen LogP contribution in [0.1, 0.15) is 27.3 Å². The Bertz CT molecular complexity index is 1820. The van der Waals surface area contributed by atoms with Crippen LogP contribution in [0.15, 0.2) is 114 Å². The molecule has 0 unspecified atom stereocenters. The van der Waals surface area contributed by atoms with Gasteiger partial charge < -0.3 is 14.6 Å². The number of aromatic nitrogens is 2. The zero-order valence-electron chi connectivity index (χ0n) is 22.4. The van der Waals surface area contributed by atoms with E-state index >= 15 is 0 Å². The third kappa shape index (κ3) is 5.07. The molecular weight excluding hydrogens is 536 g/mol. The number of nitrogens with zero attached hydrogens (tertiary/aromatic N) is 3. The van der Waals surface area contributed by atoms with Gasteiger partial charge >= 0.3 is 0 Å². The Morgan fingerprint density at radius 1 is 0.902 bits per heavy atom. The van der Waals surface area contributed by atoms with Crippen LogP contribution >= 0.6 is 0 Å². The number of para-hydroxylation sites is 2. The first kappa shape index (κ1) is 26.3. The lowest BCUT2D eigenvalue weighted by molar-refractivity contribution is 0.0941. The lowest BCUT2D eigenvalue weighted by Crippen LogP contribution is -2.31. The number of amides is 1. The molecule has 0 radical (unpaired) electrons. The Hall–Kier alpha value is -4.89. The van der Waals surface area contributed by atoms with Crippen LogP contribution in [0.5, 0.6) is 5.75 Å². The van der Waals surface area contributed by atoms with Gasteiger partial charge in [-0.2, -0.15) is 0 Å². The van der Waals surface area contributed by atoms with Crippen molar-refractivity contribution in [1.82, 2.24) is 14.9 Å². The van der Waals surface area contributed by atoms with Crippen molar-refractivity contribution in [2.75, 3.05) is 11.4 Å². The monoisotopic (exact) mass is 564 g/mol. The highest BCUT2D eigenvalue weighted by Crippen LogP contribution is 2.35. The maximum atomic E-state index is 14.1. The number of rotatable bonds is 7. The molecule has 5 aromatic rings. The molecule has 3 aromatic carbocycles. The van der Waals surface area contributed by atoms with Gasteiger partial charge in [0.2, 0.25) is 0 Å². The summed E-state index contributed by atoms with van der Waals surface area (Å²) in [5.74, 6) is 0.478. The standard InChI is InChI=1S/C32H28N4O4S/c1-40-31-11-5-3-9-28(31)24-12-15-27(16-13-24)41(38,39)36-22-26-14-17-30(32(37)34-20-23-7-6-18-33-19-23)35(26)21-25-8-2-4-10-29(25)36/h2-19H,20-22H2,1H3,(H,34,37). The molecule has 0 bridgehead atoms. The van der Waals surface area contributed by atoms with Gasteiger partial charge in [-0.05, 0) is 59.2 Å². The molecule has 0 saturated carbocycles. The number of methoxy groups -OCH3 is 1. The van der Waals surface area contributed by atoms with Gasteiger partial charge in [-0.15, -0.1) is 0 Å². The summed E-state index contributed by atoms with van der Waals surface area (Å²) in [5.41, 5.74) is 5.22. The molecule has 1 aliphatic rings. The predicted molar refractivity (Wildman–Crippen MR) is 157 cm³/mol. The largest absolute Gasteiger partial charge is 0.496 e. The molecule has 0 aliphatic carbocycles. The van der Waals surface area contributed by atoms with E-state index in [1.165, 1.54) is 4.31 Å². The van der Waals surface area contributed by atoms with E-state index in [4.69, 9.17) is 4.74 Å². The summed E-state index contributed by atoms with van der Waals surface area (Å²) >= 11 is 0. The fourth-order valence-electron chi connectivity index (χ4n) is 5.13. The second-order valence-corrected chi connectivity index (χ2v) is 11.6. The van der Waals surface area contributed by atoms with Crippen LogP contribution in [0, 0.1) is 0 Å². The highest BCUT2D eigenvalue weighted by Gasteiger charge is 2.31. The number of benzene rings is 3. The quantitative estimate of drug-likeness (QED) is 0.292. The average Bonchev–Trinajstić information content (AvgIpc) is 3.33. The fraction of sp³-hybridized carbons (Fsp3) is 0.125. The molecule has 206 valence electrons. The minimum absolute atomic E-state index is 0.0868. The van der Waals surface area contributed by atoms with Crippen molar-refractivity contribution in [3.63, 3.8) is 0 Å². The van der Waals surface area contributed by atoms with E-state index in [-0.39, 0.29) is 17.3 Å². The SMILES string of the molecule is COc1ccccc1-c1ccc(S(=O)(=O)N2Cc3ccc(C(=O)NCc4cccnc4)n3Cc3ccccc32)cc1. The van der Waals surface area contributed by atoms with Crippen LogP contribution in [0.4, 0.5) is 5.69 Å².